The van der Waals surface area contributed by atoms with Crippen molar-refractivity contribution in [1.29, 1.82) is 0 Å². The van der Waals surface area contributed by atoms with Crippen molar-refractivity contribution < 1.29 is 14.3 Å². The molecule has 6 nitrogen and oxygen atoms in total. The summed E-state index contributed by atoms with van der Waals surface area (Å²) in [5.74, 6) is -0.234. The van der Waals surface area contributed by atoms with Crippen LogP contribution in [0.15, 0.2) is 0 Å². The zero-order chi connectivity index (χ0) is 14.4. The second-order valence-electron chi connectivity index (χ2n) is 5.08. The van der Waals surface area contributed by atoms with Crippen molar-refractivity contribution >= 4 is 11.8 Å². The van der Waals surface area contributed by atoms with E-state index in [2.05, 4.69) is 5.32 Å². The van der Waals surface area contributed by atoms with Crippen LogP contribution in [0.3, 0.4) is 0 Å². The summed E-state index contributed by atoms with van der Waals surface area (Å²) in [5.41, 5.74) is 5.84. The first-order valence-electron chi connectivity index (χ1n) is 6.89. The van der Waals surface area contributed by atoms with Crippen LogP contribution in [-0.2, 0) is 14.3 Å². The van der Waals surface area contributed by atoms with E-state index in [1.165, 1.54) is 0 Å². The third-order valence-corrected chi connectivity index (χ3v) is 3.61. The summed E-state index contributed by atoms with van der Waals surface area (Å²) < 4.78 is 5.19. The van der Waals surface area contributed by atoms with Gasteiger partial charge in [0.1, 0.15) is 6.04 Å². The number of morpholine rings is 1. The summed E-state index contributed by atoms with van der Waals surface area (Å²) in [6.07, 6.45) is 0.834. The fourth-order valence-corrected chi connectivity index (χ4v) is 1.94. The normalized spacial score (nSPS) is 20.5. The minimum atomic E-state index is -0.565. The molecule has 0 aromatic heterocycles. The van der Waals surface area contributed by atoms with E-state index in [0.29, 0.717) is 26.3 Å². The summed E-state index contributed by atoms with van der Waals surface area (Å²) in [7, 11) is 0. The van der Waals surface area contributed by atoms with Crippen LogP contribution in [0.25, 0.3) is 0 Å². The molecule has 1 aliphatic rings. The molecule has 0 radical (unpaired) electrons. The van der Waals surface area contributed by atoms with E-state index < -0.39 is 12.1 Å². The van der Waals surface area contributed by atoms with E-state index in [4.69, 9.17) is 10.5 Å². The van der Waals surface area contributed by atoms with E-state index >= 15 is 0 Å². The summed E-state index contributed by atoms with van der Waals surface area (Å²) >= 11 is 0. The van der Waals surface area contributed by atoms with Gasteiger partial charge in [-0.15, -0.1) is 0 Å². The van der Waals surface area contributed by atoms with Crippen molar-refractivity contribution in [1.82, 2.24) is 10.2 Å². The maximum absolute atomic E-state index is 12.1. The summed E-state index contributed by atoms with van der Waals surface area (Å²) in [6.45, 7) is 7.88. The number of carbonyl (C=O) groups is 2. The maximum atomic E-state index is 12.1. The number of rotatable bonds is 5. The monoisotopic (exact) mass is 271 g/mol. The predicted molar refractivity (Wildman–Crippen MR) is 72.4 cm³/mol. The first kappa shape index (κ1) is 15.9. The molecule has 0 aromatic carbocycles. The highest BCUT2D eigenvalue weighted by Crippen LogP contribution is 2.06. The minimum Gasteiger partial charge on any atom is -0.378 e. The van der Waals surface area contributed by atoms with Crippen LogP contribution in [0.2, 0.25) is 0 Å². The predicted octanol–water partition coefficient (Wildman–Crippen LogP) is -0.277. The third kappa shape index (κ3) is 4.47. The molecule has 0 aliphatic carbocycles. The molecule has 19 heavy (non-hydrogen) atoms. The first-order chi connectivity index (χ1) is 8.97. The molecule has 1 aliphatic heterocycles. The van der Waals surface area contributed by atoms with Gasteiger partial charge in [0.05, 0.1) is 19.3 Å². The van der Waals surface area contributed by atoms with Gasteiger partial charge in [0.15, 0.2) is 0 Å². The molecular weight excluding hydrogens is 246 g/mol. The molecule has 3 N–H and O–H groups in total. The van der Waals surface area contributed by atoms with Crippen molar-refractivity contribution in [2.45, 2.75) is 39.3 Å². The van der Waals surface area contributed by atoms with E-state index in [0.717, 1.165) is 6.42 Å². The van der Waals surface area contributed by atoms with Gasteiger partial charge >= 0.3 is 0 Å². The number of ether oxygens (including phenoxy) is 1. The Morgan fingerprint density at radius 1 is 1.32 bits per heavy atom. The van der Waals surface area contributed by atoms with Crippen LogP contribution in [0.1, 0.15) is 27.2 Å². The van der Waals surface area contributed by atoms with Crippen LogP contribution in [0.4, 0.5) is 0 Å². The second kappa shape index (κ2) is 7.45. The molecule has 2 amide bonds. The van der Waals surface area contributed by atoms with Crippen molar-refractivity contribution in [3.8, 4) is 0 Å². The average molecular weight is 271 g/mol. The molecule has 1 heterocycles. The first-order valence-corrected chi connectivity index (χ1v) is 6.89. The Morgan fingerprint density at radius 3 is 2.42 bits per heavy atom. The molecule has 3 atom stereocenters. The Morgan fingerprint density at radius 2 is 1.89 bits per heavy atom. The summed E-state index contributed by atoms with van der Waals surface area (Å²) in [5, 5.41) is 2.70. The lowest BCUT2D eigenvalue weighted by atomic mass is 9.99. The van der Waals surface area contributed by atoms with Gasteiger partial charge < -0.3 is 20.7 Å². The maximum Gasteiger partial charge on any atom is 0.245 e. The molecule has 0 aromatic rings. The highest BCUT2D eigenvalue weighted by Gasteiger charge is 2.26. The van der Waals surface area contributed by atoms with Crippen LogP contribution in [0, 0.1) is 5.92 Å². The van der Waals surface area contributed by atoms with Crippen molar-refractivity contribution in [2.24, 2.45) is 11.7 Å². The van der Waals surface area contributed by atoms with Crippen LogP contribution >= 0.6 is 0 Å². The smallest absolute Gasteiger partial charge is 0.245 e. The Bertz CT molecular complexity index is 316. The molecule has 0 saturated carbocycles. The molecule has 0 bridgehead atoms. The number of amides is 2. The molecule has 1 saturated heterocycles. The van der Waals surface area contributed by atoms with Gasteiger partial charge in [-0.25, -0.2) is 0 Å². The third-order valence-electron chi connectivity index (χ3n) is 3.61. The van der Waals surface area contributed by atoms with E-state index in [1.54, 1.807) is 11.8 Å². The molecule has 0 spiro atoms. The van der Waals surface area contributed by atoms with Gasteiger partial charge in [-0.05, 0) is 12.8 Å². The lowest BCUT2D eigenvalue weighted by molar-refractivity contribution is -0.139. The zero-order valence-corrected chi connectivity index (χ0v) is 12.0. The van der Waals surface area contributed by atoms with Gasteiger partial charge in [-0.1, -0.05) is 20.3 Å². The molecule has 1 fully saturated rings. The molecule has 0 unspecified atom stereocenters. The van der Waals surface area contributed by atoms with Crippen LogP contribution in [-0.4, -0.2) is 55.1 Å². The van der Waals surface area contributed by atoms with Crippen LogP contribution in [0.5, 0.6) is 0 Å². The topological polar surface area (TPSA) is 84.7 Å². The van der Waals surface area contributed by atoms with Crippen molar-refractivity contribution in [3.63, 3.8) is 0 Å². The average Bonchev–Trinajstić information content (AvgIpc) is 2.45. The number of nitrogens with zero attached hydrogens (tertiary/aromatic N) is 1. The molecule has 1 rings (SSSR count). The summed E-state index contributed by atoms with van der Waals surface area (Å²) in [6, 6.07) is -1.11. The van der Waals surface area contributed by atoms with E-state index in [9.17, 15) is 9.59 Å². The minimum absolute atomic E-state index is 0.0759. The number of nitrogens with one attached hydrogen (secondary N) is 1. The largest absolute Gasteiger partial charge is 0.378 e. The zero-order valence-electron chi connectivity index (χ0n) is 12.0. The number of hydrogen-bond donors (Lipinski definition) is 2. The second-order valence-corrected chi connectivity index (χ2v) is 5.08. The highest BCUT2D eigenvalue weighted by atomic mass is 16.5. The lowest BCUT2D eigenvalue weighted by Gasteiger charge is -2.30. The van der Waals surface area contributed by atoms with Gasteiger partial charge in [-0.2, -0.15) is 0 Å². The molecule has 110 valence electrons. The molecular formula is C13H25N3O3. The number of nitrogens with two attached hydrogens (primary N) is 1. The SMILES string of the molecule is CC[C@H](C)[C@H](N)C(=O)N[C@@H](C)C(=O)N1CCOCC1. The van der Waals surface area contributed by atoms with Gasteiger partial charge in [-0.3, -0.25) is 9.59 Å². The standard InChI is InChI=1S/C13H25N3O3/c1-4-9(2)11(14)12(17)15-10(3)13(18)16-5-7-19-8-6-16/h9-11H,4-8,14H2,1-3H3,(H,15,17)/t9-,10-,11-/m0/s1. The van der Waals surface area contributed by atoms with E-state index in [1.807, 2.05) is 13.8 Å². The number of carbonyl (C=O) groups excluding carboxylic acids is 2. The Kier molecular flexibility index (Phi) is 6.24. The Hall–Kier alpha value is -1.14. The van der Waals surface area contributed by atoms with Crippen molar-refractivity contribution in [2.75, 3.05) is 26.3 Å². The quantitative estimate of drug-likeness (QED) is 0.720. The lowest BCUT2D eigenvalue weighted by Crippen LogP contribution is -2.54. The Labute approximate surface area is 114 Å². The van der Waals surface area contributed by atoms with Gasteiger partial charge in [0.25, 0.3) is 0 Å². The molecule has 6 heteroatoms. The fourth-order valence-electron chi connectivity index (χ4n) is 1.94. The Balaban J connectivity index is 2.46. The summed E-state index contributed by atoms with van der Waals surface area (Å²) in [4.78, 5) is 25.7. The van der Waals surface area contributed by atoms with Gasteiger partial charge in [0.2, 0.25) is 11.8 Å². The van der Waals surface area contributed by atoms with Crippen LogP contribution < -0.4 is 11.1 Å². The van der Waals surface area contributed by atoms with E-state index in [-0.39, 0.29) is 17.7 Å². The number of hydrogen-bond acceptors (Lipinski definition) is 4. The fraction of sp³-hybridized carbons (Fsp3) is 0.846. The highest BCUT2D eigenvalue weighted by molar-refractivity contribution is 5.89. The van der Waals surface area contributed by atoms with Gasteiger partial charge in [0, 0.05) is 13.1 Å². The van der Waals surface area contributed by atoms with Crippen molar-refractivity contribution in [3.05, 3.63) is 0 Å².